The van der Waals surface area contributed by atoms with Gasteiger partial charge in [0.15, 0.2) is 0 Å². The molecule has 0 aliphatic carbocycles. The number of esters is 1. The Morgan fingerprint density at radius 1 is 1.30 bits per heavy atom. The fourth-order valence-electron chi connectivity index (χ4n) is 1.41. The van der Waals surface area contributed by atoms with Crippen molar-refractivity contribution < 1.29 is 31.5 Å². The molecule has 0 saturated heterocycles. The van der Waals surface area contributed by atoms with Gasteiger partial charge in [0.1, 0.15) is 0 Å². The number of halogens is 5. The molecule has 0 N–H and O–H groups in total. The molecule has 1 rings (SSSR count). The van der Waals surface area contributed by atoms with Crippen molar-refractivity contribution in [2.45, 2.75) is 19.0 Å². The lowest BCUT2D eigenvalue weighted by Crippen LogP contribution is -2.28. The lowest BCUT2D eigenvalue weighted by molar-refractivity contribution is -0.173. The van der Waals surface area contributed by atoms with E-state index in [-0.39, 0.29) is 12.7 Å². The maximum atomic E-state index is 13.6. The van der Waals surface area contributed by atoms with Gasteiger partial charge in [0.05, 0.1) is 23.8 Å². The number of hydrogen-bond donors (Lipinski definition) is 0. The van der Waals surface area contributed by atoms with Crippen molar-refractivity contribution in [1.29, 1.82) is 5.26 Å². The Kier molecular flexibility index (Phi) is 4.33. The molecular formula is C12H8F5NO2. The SMILES string of the molecule is CCOC(=O)C(F)(F)c1ccc(C#N)c(C(F)(F)F)c1. The minimum Gasteiger partial charge on any atom is -0.461 e. The first-order valence-electron chi connectivity index (χ1n) is 5.31. The molecule has 3 nitrogen and oxygen atoms in total. The van der Waals surface area contributed by atoms with Gasteiger partial charge in [-0.15, -0.1) is 0 Å². The molecule has 0 atom stereocenters. The lowest BCUT2D eigenvalue weighted by atomic mass is 10.0. The average molecular weight is 293 g/mol. The first-order valence-corrected chi connectivity index (χ1v) is 5.31. The summed E-state index contributed by atoms with van der Waals surface area (Å²) in [5.41, 5.74) is -3.51. The molecule has 20 heavy (non-hydrogen) atoms. The summed E-state index contributed by atoms with van der Waals surface area (Å²) in [7, 11) is 0. The summed E-state index contributed by atoms with van der Waals surface area (Å²) >= 11 is 0. The maximum absolute atomic E-state index is 13.6. The largest absolute Gasteiger partial charge is 0.461 e. The number of rotatable bonds is 3. The van der Waals surface area contributed by atoms with Gasteiger partial charge >= 0.3 is 18.1 Å². The first-order chi connectivity index (χ1) is 9.14. The van der Waals surface area contributed by atoms with Gasteiger partial charge in [-0.25, -0.2) is 4.79 Å². The summed E-state index contributed by atoms with van der Waals surface area (Å²) in [6.45, 7) is 0.949. The second kappa shape index (κ2) is 5.45. The van der Waals surface area contributed by atoms with E-state index in [0.717, 1.165) is 0 Å². The van der Waals surface area contributed by atoms with E-state index in [2.05, 4.69) is 4.74 Å². The van der Waals surface area contributed by atoms with Gasteiger partial charge in [-0.1, -0.05) is 6.07 Å². The van der Waals surface area contributed by atoms with Crippen LogP contribution in [-0.4, -0.2) is 12.6 Å². The molecule has 0 radical (unpaired) electrons. The van der Waals surface area contributed by atoms with Crippen LogP contribution in [0.25, 0.3) is 0 Å². The molecule has 1 aromatic rings. The van der Waals surface area contributed by atoms with Gasteiger partial charge in [0.2, 0.25) is 0 Å². The minimum atomic E-state index is -4.98. The van der Waals surface area contributed by atoms with E-state index in [0.29, 0.717) is 12.1 Å². The predicted octanol–water partition coefficient (Wildman–Crippen LogP) is 3.23. The van der Waals surface area contributed by atoms with Crippen molar-refractivity contribution in [2.24, 2.45) is 0 Å². The first kappa shape index (κ1) is 15.9. The number of hydrogen-bond acceptors (Lipinski definition) is 3. The van der Waals surface area contributed by atoms with Gasteiger partial charge in [0.25, 0.3) is 0 Å². The third-order valence-corrected chi connectivity index (χ3v) is 2.34. The Hall–Kier alpha value is -2.17. The summed E-state index contributed by atoms with van der Waals surface area (Å²) < 4.78 is 69.3. The third kappa shape index (κ3) is 3.04. The van der Waals surface area contributed by atoms with Crippen LogP contribution in [0.2, 0.25) is 0 Å². The van der Waals surface area contributed by atoms with Gasteiger partial charge in [-0.2, -0.15) is 27.2 Å². The molecule has 0 spiro atoms. The van der Waals surface area contributed by atoms with Crippen LogP contribution in [0, 0.1) is 11.3 Å². The monoisotopic (exact) mass is 293 g/mol. The fourth-order valence-corrected chi connectivity index (χ4v) is 1.41. The molecule has 8 heteroatoms. The molecule has 0 aliphatic heterocycles. The van der Waals surface area contributed by atoms with Crippen molar-refractivity contribution in [3.05, 3.63) is 34.9 Å². The smallest absolute Gasteiger partial charge is 0.417 e. The quantitative estimate of drug-likeness (QED) is 0.635. The van der Waals surface area contributed by atoms with Crippen molar-refractivity contribution in [3.8, 4) is 6.07 Å². The molecule has 0 bridgehead atoms. The summed E-state index contributed by atoms with van der Waals surface area (Å²) in [5, 5.41) is 8.54. The van der Waals surface area contributed by atoms with E-state index in [1.165, 1.54) is 13.0 Å². The Morgan fingerprint density at radius 3 is 2.35 bits per heavy atom. The van der Waals surface area contributed by atoms with Gasteiger partial charge in [0, 0.05) is 5.56 Å². The molecule has 0 fully saturated rings. The van der Waals surface area contributed by atoms with E-state index < -0.39 is 34.8 Å². The highest BCUT2D eigenvalue weighted by Crippen LogP contribution is 2.37. The maximum Gasteiger partial charge on any atom is 0.417 e. The number of carbonyl (C=O) groups is 1. The van der Waals surface area contributed by atoms with Crippen molar-refractivity contribution >= 4 is 5.97 Å². The second-order valence-corrected chi connectivity index (χ2v) is 3.66. The highest BCUT2D eigenvalue weighted by Gasteiger charge is 2.44. The van der Waals surface area contributed by atoms with Crippen LogP contribution >= 0.6 is 0 Å². The Morgan fingerprint density at radius 2 is 1.90 bits per heavy atom. The van der Waals surface area contributed by atoms with Crippen LogP contribution in [0.15, 0.2) is 18.2 Å². The molecule has 1 aromatic carbocycles. The Bertz CT molecular complexity index is 560. The van der Waals surface area contributed by atoms with Crippen LogP contribution in [0.1, 0.15) is 23.6 Å². The van der Waals surface area contributed by atoms with Crippen LogP contribution in [0.4, 0.5) is 22.0 Å². The van der Waals surface area contributed by atoms with Gasteiger partial charge in [-0.05, 0) is 19.1 Å². The topological polar surface area (TPSA) is 50.1 Å². The number of carbonyl (C=O) groups excluding carboxylic acids is 1. The molecule has 0 unspecified atom stereocenters. The van der Waals surface area contributed by atoms with Crippen molar-refractivity contribution in [2.75, 3.05) is 6.61 Å². The summed E-state index contributed by atoms with van der Waals surface area (Å²) in [4.78, 5) is 11.1. The number of alkyl halides is 5. The highest BCUT2D eigenvalue weighted by molar-refractivity contribution is 5.79. The average Bonchev–Trinajstić information content (AvgIpc) is 2.37. The molecule has 0 amide bonds. The zero-order chi connectivity index (χ0) is 15.6. The zero-order valence-corrected chi connectivity index (χ0v) is 10.1. The lowest BCUT2D eigenvalue weighted by Gasteiger charge is -2.17. The van der Waals surface area contributed by atoms with Crippen LogP contribution in [-0.2, 0) is 21.6 Å². The summed E-state index contributed by atoms with van der Waals surface area (Å²) in [6, 6.07) is 2.51. The van der Waals surface area contributed by atoms with Crippen LogP contribution in [0.5, 0.6) is 0 Å². The number of nitriles is 1. The second-order valence-electron chi connectivity index (χ2n) is 3.66. The van der Waals surface area contributed by atoms with Crippen molar-refractivity contribution in [1.82, 2.24) is 0 Å². The third-order valence-electron chi connectivity index (χ3n) is 2.34. The van der Waals surface area contributed by atoms with Crippen molar-refractivity contribution in [3.63, 3.8) is 0 Å². The number of nitrogens with zero attached hydrogens (tertiary/aromatic N) is 1. The number of benzene rings is 1. The summed E-state index contributed by atoms with van der Waals surface area (Å²) in [6.07, 6.45) is -4.98. The zero-order valence-electron chi connectivity index (χ0n) is 10.1. The highest BCUT2D eigenvalue weighted by atomic mass is 19.4. The van der Waals surface area contributed by atoms with Crippen LogP contribution in [0.3, 0.4) is 0 Å². The van der Waals surface area contributed by atoms with E-state index >= 15 is 0 Å². The molecule has 0 aromatic heterocycles. The van der Waals surface area contributed by atoms with E-state index in [4.69, 9.17) is 5.26 Å². The molecule has 0 saturated carbocycles. The van der Waals surface area contributed by atoms with E-state index in [1.54, 1.807) is 0 Å². The predicted molar refractivity (Wildman–Crippen MR) is 56.7 cm³/mol. The Balaban J connectivity index is 3.35. The van der Waals surface area contributed by atoms with Crippen LogP contribution < -0.4 is 0 Å². The molecule has 0 heterocycles. The van der Waals surface area contributed by atoms with Gasteiger partial charge in [-0.3, -0.25) is 0 Å². The van der Waals surface area contributed by atoms with E-state index in [9.17, 15) is 26.7 Å². The Labute approximate surface area is 110 Å². The fraction of sp³-hybridized carbons (Fsp3) is 0.333. The minimum absolute atomic E-state index is 0.0788. The number of ether oxygens (including phenoxy) is 1. The van der Waals surface area contributed by atoms with E-state index in [1.807, 2.05) is 0 Å². The standard InChI is InChI=1S/C12H8F5NO2/c1-2-20-10(19)11(13,14)8-4-3-7(6-18)9(5-8)12(15,16)17/h3-5H,2H2,1H3. The normalized spacial score (nSPS) is 11.8. The molecular weight excluding hydrogens is 285 g/mol. The summed E-state index contributed by atoms with van der Waals surface area (Å²) in [5.74, 6) is -6.16. The van der Waals surface area contributed by atoms with Gasteiger partial charge < -0.3 is 4.74 Å². The molecule has 0 aliphatic rings. The molecule has 108 valence electrons.